The second kappa shape index (κ2) is 4.69. The van der Waals surface area contributed by atoms with E-state index in [2.05, 4.69) is 17.6 Å². The van der Waals surface area contributed by atoms with E-state index in [4.69, 9.17) is 4.74 Å². The van der Waals surface area contributed by atoms with Crippen molar-refractivity contribution in [3.63, 3.8) is 0 Å². The number of ether oxygens (including phenoxy) is 1. The molecule has 0 radical (unpaired) electrons. The third-order valence-electron chi connectivity index (χ3n) is 3.45. The number of carbonyl (C=O) groups is 1. The molecule has 0 aromatic heterocycles. The molecule has 2 saturated heterocycles. The summed E-state index contributed by atoms with van der Waals surface area (Å²) in [5.41, 5.74) is -0.148. The van der Waals surface area contributed by atoms with Crippen LogP contribution in [0.2, 0.25) is 0 Å². The van der Waals surface area contributed by atoms with Gasteiger partial charge in [0.25, 0.3) is 0 Å². The molecule has 16 heavy (non-hydrogen) atoms. The van der Waals surface area contributed by atoms with Crippen molar-refractivity contribution in [1.82, 2.24) is 10.6 Å². The zero-order valence-electron chi connectivity index (χ0n) is 9.66. The minimum Gasteiger partial charge on any atom is -0.392 e. The van der Waals surface area contributed by atoms with Crippen molar-refractivity contribution in [2.24, 2.45) is 0 Å². The van der Waals surface area contributed by atoms with Crippen LogP contribution in [0.1, 0.15) is 26.2 Å². The van der Waals surface area contributed by atoms with Gasteiger partial charge < -0.3 is 20.5 Å². The van der Waals surface area contributed by atoms with E-state index >= 15 is 0 Å². The summed E-state index contributed by atoms with van der Waals surface area (Å²) in [5, 5.41) is 15.4. The molecule has 2 aliphatic rings. The van der Waals surface area contributed by atoms with Crippen LogP contribution < -0.4 is 10.6 Å². The monoisotopic (exact) mass is 228 g/mol. The van der Waals surface area contributed by atoms with E-state index in [1.165, 1.54) is 0 Å². The standard InChI is InChI=1S/C11H20N2O3/c1-11(2-4-16-5-3-11)13-10(15)9-6-8(14)7-12-9/h8-9,12,14H,2-7H2,1H3,(H,13,15). The zero-order chi connectivity index (χ0) is 11.6. The van der Waals surface area contributed by atoms with E-state index < -0.39 is 6.10 Å². The Hall–Kier alpha value is -0.650. The second-order valence-electron chi connectivity index (χ2n) is 5.01. The Morgan fingerprint density at radius 2 is 2.19 bits per heavy atom. The fraction of sp³-hybridized carbons (Fsp3) is 0.909. The number of rotatable bonds is 2. The highest BCUT2D eigenvalue weighted by molar-refractivity contribution is 5.82. The Kier molecular flexibility index (Phi) is 3.47. The lowest BCUT2D eigenvalue weighted by Crippen LogP contribution is -2.54. The first-order chi connectivity index (χ1) is 7.59. The van der Waals surface area contributed by atoms with Crippen molar-refractivity contribution in [1.29, 1.82) is 0 Å². The van der Waals surface area contributed by atoms with Crippen LogP contribution in [-0.4, -0.2) is 48.5 Å². The number of hydrogen-bond donors (Lipinski definition) is 3. The summed E-state index contributed by atoms with van der Waals surface area (Å²) in [4.78, 5) is 11.9. The Morgan fingerprint density at radius 3 is 2.75 bits per heavy atom. The average Bonchev–Trinajstić information content (AvgIpc) is 2.65. The fourth-order valence-corrected chi connectivity index (χ4v) is 2.25. The van der Waals surface area contributed by atoms with Gasteiger partial charge in [0.2, 0.25) is 5.91 Å². The van der Waals surface area contributed by atoms with Crippen LogP contribution in [0.5, 0.6) is 0 Å². The summed E-state index contributed by atoms with van der Waals surface area (Å²) in [6, 6.07) is -0.241. The van der Waals surface area contributed by atoms with Crippen molar-refractivity contribution >= 4 is 5.91 Å². The molecule has 3 N–H and O–H groups in total. The van der Waals surface area contributed by atoms with Crippen molar-refractivity contribution in [3.05, 3.63) is 0 Å². The van der Waals surface area contributed by atoms with E-state index in [0.717, 1.165) is 12.8 Å². The zero-order valence-corrected chi connectivity index (χ0v) is 9.66. The van der Waals surface area contributed by atoms with E-state index in [0.29, 0.717) is 26.2 Å². The predicted octanol–water partition coefficient (Wildman–Crippen LogP) is -0.605. The SMILES string of the molecule is CC1(NC(=O)C2CC(O)CN2)CCOCC1. The average molecular weight is 228 g/mol. The molecule has 2 rings (SSSR count). The molecular weight excluding hydrogens is 208 g/mol. The van der Waals surface area contributed by atoms with E-state index in [-0.39, 0.29) is 17.5 Å². The molecule has 2 heterocycles. The first kappa shape index (κ1) is 11.8. The number of hydrogen-bond acceptors (Lipinski definition) is 4. The summed E-state index contributed by atoms with van der Waals surface area (Å²) in [6.45, 7) is 3.98. The summed E-state index contributed by atoms with van der Waals surface area (Å²) >= 11 is 0. The molecule has 0 aliphatic carbocycles. The van der Waals surface area contributed by atoms with Gasteiger partial charge in [-0.1, -0.05) is 0 Å². The highest BCUT2D eigenvalue weighted by Crippen LogP contribution is 2.20. The van der Waals surface area contributed by atoms with Crippen LogP contribution >= 0.6 is 0 Å². The van der Waals surface area contributed by atoms with E-state index in [1.54, 1.807) is 0 Å². The van der Waals surface area contributed by atoms with Crippen LogP contribution in [0, 0.1) is 0 Å². The number of amides is 1. The highest BCUT2D eigenvalue weighted by atomic mass is 16.5. The van der Waals surface area contributed by atoms with Crippen LogP contribution in [0.25, 0.3) is 0 Å². The molecule has 5 nitrogen and oxygen atoms in total. The molecule has 2 fully saturated rings. The van der Waals surface area contributed by atoms with Crippen LogP contribution in [0.15, 0.2) is 0 Å². The third kappa shape index (κ3) is 2.72. The normalized spacial score (nSPS) is 33.6. The fourth-order valence-electron chi connectivity index (χ4n) is 2.25. The van der Waals surface area contributed by atoms with Gasteiger partial charge in [-0.15, -0.1) is 0 Å². The predicted molar refractivity (Wildman–Crippen MR) is 59.0 cm³/mol. The van der Waals surface area contributed by atoms with E-state index in [1.807, 2.05) is 0 Å². The maximum absolute atomic E-state index is 11.9. The minimum absolute atomic E-state index is 0.000880. The Bertz CT molecular complexity index is 264. The summed E-state index contributed by atoms with van der Waals surface area (Å²) < 4.78 is 5.28. The number of β-amino-alcohol motifs (C(OH)–C–C–N with tert-alkyl or cyclic N) is 1. The lowest BCUT2D eigenvalue weighted by atomic mass is 9.92. The minimum atomic E-state index is -0.391. The second-order valence-corrected chi connectivity index (χ2v) is 5.01. The van der Waals surface area contributed by atoms with Gasteiger partial charge in [0.15, 0.2) is 0 Å². The van der Waals surface area contributed by atoms with Crippen LogP contribution in [-0.2, 0) is 9.53 Å². The molecule has 92 valence electrons. The molecule has 5 heteroatoms. The van der Waals surface area contributed by atoms with Crippen molar-refractivity contribution in [2.75, 3.05) is 19.8 Å². The molecule has 0 saturated carbocycles. The Labute approximate surface area is 95.5 Å². The molecular formula is C11H20N2O3. The van der Waals surface area contributed by atoms with Gasteiger partial charge in [0.05, 0.1) is 12.1 Å². The molecule has 0 aromatic carbocycles. The molecule has 0 bridgehead atoms. The molecule has 2 atom stereocenters. The molecule has 2 aliphatic heterocycles. The first-order valence-electron chi connectivity index (χ1n) is 5.90. The quantitative estimate of drug-likeness (QED) is 0.590. The maximum Gasteiger partial charge on any atom is 0.237 e. The van der Waals surface area contributed by atoms with Gasteiger partial charge in [-0.3, -0.25) is 4.79 Å². The van der Waals surface area contributed by atoms with Gasteiger partial charge in [-0.25, -0.2) is 0 Å². The lowest BCUT2D eigenvalue weighted by Gasteiger charge is -2.35. The van der Waals surface area contributed by atoms with Gasteiger partial charge in [0, 0.05) is 25.3 Å². The third-order valence-corrected chi connectivity index (χ3v) is 3.45. The van der Waals surface area contributed by atoms with Crippen molar-refractivity contribution in [3.8, 4) is 0 Å². The van der Waals surface area contributed by atoms with Crippen LogP contribution in [0.4, 0.5) is 0 Å². The maximum atomic E-state index is 11.9. The largest absolute Gasteiger partial charge is 0.392 e. The molecule has 1 amide bonds. The summed E-state index contributed by atoms with van der Waals surface area (Å²) in [6.07, 6.45) is 1.83. The number of aliphatic hydroxyl groups excluding tert-OH is 1. The van der Waals surface area contributed by atoms with Crippen LogP contribution in [0.3, 0.4) is 0 Å². The Balaban J connectivity index is 1.86. The summed E-state index contributed by atoms with van der Waals surface area (Å²) in [7, 11) is 0. The summed E-state index contributed by atoms with van der Waals surface area (Å²) in [5.74, 6) is 0.000880. The molecule has 2 unspecified atom stereocenters. The van der Waals surface area contributed by atoms with Gasteiger partial charge in [0.1, 0.15) is 0 Å². The van der Waals surface area contributed by atoms with Crippen molar-refractivity contribution in [2.45, 2.75) is 43.9 Å². The van der Waals surface area contributed by atoms with Crippen molar-refractivity contribution < 1.29 is 14.6 Å². The first-order valence-corrected chi connectivity index (χ1v) is 5.90. The number of carbonyl (C=O) groups excluding carboxylic acids is 1. The smallest absolute Gasteiger partial charge is 0.237 e. The van der Waals surface area contributed by atoms with Gasteiger partial charge in [-0.05, 0) is 26.2 Å². The highest BCUT2D eigenvalue weighted by Gasteiger charge is 2.34. The topological polar surface area (TPSA) is 70.6 Å². The number of nitrogens with one attached hydrogen (secondary N) is 2. The number of aliphatic hydroxyl groups is 1. The van der Waals surface area contributed by atoms with Gasteiger partial charge >= 0.3 is 0 Å². The van der Waals surface area contributed by atoms with E-state index in [9.17, 15) is 9.90 Å². The molecule has 0 spiro atoms. The lowest BCUT2D eigenvalue weighted by molar-refractivity contribution is -0.125. The van der Waals surface area contributed by atoms with Gasteiger partial charge in [-0.2, -0.15) is 0 Å². The Morgan fingerprint density at radius 1 is 1.50 bits per heavy atom. The molecule has 0 aromatic rings.